The fourth-order valence-corrected chi connectivity index (χ4v) is 0.754. The third-order valence-electron chi connectivity index (χ3n) is 1.26. The second kappa shape index (κ2) is 5.07. The Balaban J connectivity index is 2.41. The van der Waals surface area contributed by atoms with E-state index >= 15 is 0 Å². The van der Waals surface area contributed by atoms with Gasteiger partial charge in [-0.3, -0.25) is 9.78 Å². The molecule has 0 saturated heterocycles. The predicted molar refractivity (Wildman–Crippen MR) is 45.3 cm³/mol. The van der Waals surface area contributed by atoms with E-state index < -0.39 is 0 Å². The standard InChI is InChI=1S/C9H9NO2/c11-8-12-6-2-4-9-3-1-5-10-7-9/h1-5,7-8H,6H2. The summed E-state index contributed by atoms with van der Waals surface area (Å²) in [5.74, 6) is 0. The van der Waals surface area contributed by atoms with Crippen molar-refractivity contribution in [1.82, 2.24) is 4.98 Å². The van der Waals surface area contributed by atoms with Crippen LogP contribution < -0.4 is 0 Å². The van der Waals surface area contributed by atoms with Gasteiger partial charge >= 0.3 is 0 Å². The highest BCUT2D eigenvalue weighted by Crippen LogP contribution is 1.97. The SMILES string of the molecule is O=COCC=Cc1cccnc1. The average Bonchev–Trinajstić information content (AvgIpc) is 2.14. The van der Waals surface area contributed by atoms with Crippen LogP contribution in [0.5, 0.6) is 0 Å². The van der Waals surface area contributed by atoms with Crippen molar-refractivity contribution in [3.05, 3.63) is 36.2 Å². The van der Waals surface area contributed by atoms with E-state index in [1.165, 1.54) is 0 Å². The summed E-state index contributed by atoms with van der Waals surface area (Å²) >= 11 is 0. The second-order valence-corrected chi connectivity index (χ2v) is 2.12. The van der Waals surface area contributed by atoms with Gasteiger partial charge in [-0.2, -0.15) is 0 Å². The number of pyridine rings is 1. The molecule has 12 heavy (non-hydrogen) atoms. The van der Waals surface area contributed by atoms with E-state index in [1.807, 2.05) is 18.2 Å². The van der Waals surface area contributed by atoms with E-state index in [2.05, 4.69) is 9.72 Å². The topological polar surface area (TPSA) is 39.2 Å². The van der Waals surface area contributed by atoms with Crippen LogP contribution in [0.1, 0.15) is 5.56 Å². The summed E-state index contributed by atoms with van der Waals surface area (Å²) in [6, 6.07) is 3.77. The van der Waals surface area contributed by atoms with Gasteiger partial charge in [-0.05, 0) is 17.7 Å². The van der Waals surface area contributed by atoms with Crippen molar-refractivity contribution in [2.24, 2.45) is 0 Å². The summed E-state index contributed by atoms with van der Waals surface area (Å²) in [7, 11) is 0. The molecule has 0 unspecified atom stereocenters. The van der Waals surface area contributed by atoms with Gasteiger partial charge in [-0.25, -0.2) is 0 Å². The first-order valence-electron chi connectivity index (χ1n) is 3.55. The third kappa shape index (κ3) is 2.96. The van der Waals surface area contributed by atoms with E-state index in [9.17, 15) is 4.79 Å². The van der Waals surface area contributed by atoms with Gasteiger partial charge in [0.1, 0.15) is 6.61 Å². The molecule has 0 saturated carbocycles. The molecule has 1 aromatic rings. The van der Waals surface area contributed by atoms with Gasteiger partial charge in [0.05, 0.1) is 0 Å². The monoisotopic (exact) mass is 163 g/mol. The molecule has 3 nitrogen and oxygen atoms in total. The van der Waals surface area contributed by atoms with Crippen LogP contribution in [0.25, 0.3) is 6.08 Å². The maximum atomic E-state index is 9.75. The summed E-state index contributed by atoms with van der Waals surface area (Å²) in [5.41, 5.74) is 0.993. The first-order chi connectivity index (χ1) is 5.93. The molecule has 1 aromatic heterocycles. The second-order valence-electron chi connectivity index (χ2n) is 2.12. The highest BCUT2D eigenvalue weighted by Gasteiger charge is 1.82. The summed E-state index contributed by atoms with van der Waals surface area (Å²) in [4.78, 5) is 13.7. The molecule has 0 aliphatic heterocycles. The van der Waals surface area contributed by atoms with E-state index in [-0.39, 0.29) is 0 Å². The van der Waals surface area contributed by atoms with E-state index in [1.54, 1.807) is 18.5 Å². The van der Waals surface area contributed by atoms with E-state index in [0.717, 1.165) is 5.56 Å². The molecule has 3 heteroatoms. The Morgan fingerprint density at radius 3 is 3.17 bits per heavy atom. The predicted octanol–water partition coefficient (Wildman–Crippen LogP) is 1.27. The van der Waals surface area contributed by atoms with Gasteiger partial charge < -0.3 is 4.74 Å². The minimum absolute atomic E-state index is 0.304. The van der Waals surface area contributed by atoms with Crippen LogP contribution in [0, 0.1) is 0 Å². The first-order valence-corrected chi connectivity index (χ1v) is 3.55. The van der Waals surface area contributed by atoms with Crippen molar-refractivity contribution >= 4 is 12.5 Å². The molecular formula is C9H9NO2. The molecular weight excluding hydrogens is 154 g/mol. The fraction of sp³-hybridized carbons (Fsp3) is 0.111. The number of ether oxygens (including phenoxy) is 1. The van der Waals surface area contributed by atoms with Crippen molar-refractivity contribution in [3.63, 3.8) is 0 Å². The molecule has 0 atom stereocenters. The third-order valence-corrected chi connectivity index (χ3v) is 1.26. The Morgan fingerprint density at radius 2 is 2.50 bits per heavy atom. The van der Waals surface area contributed by atoms with Gasteiger partial charge in [-0.15, -0.1) is 0 Å². The van der Waals surface area contributed by atoms with Crippen molar-refractivity contribution in [2.45, 2.75) is 0 Å². The maximum absolute atomic E-state index is 9.75. The lowest BCUT2D eigenvalue weighted by molar-refractivity contribution is -0.127. The smallest absolute Gasteiger partial charge is 0.293 e. The number of aromatic nitrogens is 1. The molecule has 0 spiro atoms. The van der Waals surface area contributed by atoms with Crippen LogP contribution in [-0.4, -0.2) is 18.1 Å². The van der Waals surface area contributed by atoms with Gasteiger partial charge in [0, 0.05) is 12.4 Å². The van der Waals surface area contributed by atoms with E-state index in [4.69, 9.17) is 0 Å². The zero-order valence-electron chi connectivity index (χ0n) is 6.51. The highest BCUT2D eigenvalue weighted by molar-refractivity contribution is 5.47. The van der Waals surface area contributed by atoms with Crippen LogP contribution in [0.4, 0.5) is 0 Å². The Morgan fingerprint density at radius 1 is 1.58 bits per heavy atom. The molecule has 1 heterocycles. The van der Waals surface area contributed by atoms with Gasteiger partial charge in [-0.1, -0.05) is 12.1 Å². The highest BCUT2D eigenvalue weighted by atomic mass is 16.5. The van der Waals surface area contributed by atoms with Crippen LogP contribution >= 0.6 is 0 Å². The Bertz CT molecular complexity index is 256. The molecule has 0 aliphatic carbocycles. The summed E-state index contributed by atoms with van der Waals surface area (Å²) in [5, 5.41) is 0. The van der Waals surface area contributed by atoms with Gasteiger partial charge in [0.25, 0.3) is 6.47 Å². The minimum atomic E-state index is 0.304. The zero-order valence-corrected chi connectivity index (χ0v) is 6.51. The molecule has 1 rings (SSSR count). The molecule has 0 aromatic carbocycles. The van der Waals surface area contributed by atoms with Gasteiger partial charge in [0.2, 0.25) is 0 Å². The fourth-order valence-electron chi connectivity index (χ4n) is 0.754. The summed E-state index contributed by atoms with van der Waals surface area (Å²) in [6.45, 7) is 0.728. The summed E-state index contributed by atoms with van der Waals surface area (Å²) in [6.07, 6.45) is 7.04. The Hall–Kier alpha value is -1.64. The molecule has 0 bridgehead atoms. The van der Waals surface area contributed by atoms with Crippen molar-refractivity contribution < 1.29 is 9.53 Å². The molecule has 0 amide bonds. The van der Waals surface area contributed by atoms with Crippen LogP contribution in [0.15, 0.2) is 30.6 Å². The molecule has 0 fully saturated rings. The molecule has 0 aliphatic rings. The number of carbonyl (C=O) groups is 1. The quantitative estimate of drug-likeness (QED) is 0.495. The number of hydrogen-bond acceptors (Lipinski definition) is 3. The largest absolute Gasteiger partial charge is 0.464 e. The minimum Gasteiger partial charge on any atom is -0.464 e. The zero-order chi connectivity index (χ0) is 8.65. The molecule has 62 valence electrons. The lowest BCUT2D eigenvalue weighted by Crippen LogP contribution is -1.85. The van der Waals surface area contributed by atoms with Crippen LogP contribution in [0.2, 0.25) is 0 Å². The Kier molecular flexibility index (Phi) is 3.57. The first kappa shape index (κ1) is 8.46. The Labute approximate surface area is 70.7 Å². The normalized spacial score (nSPS) is 10.0. The van der Waals surface area contributed by atoms with Crippen LogP contribution in [0.3, 0.4) is 0 Å². The van der Waals surface area contributed by atoms with Crippen molar-refractivity contribution in [3.8, 4) is 0 Å². The van der Waals surface area contributed by atoms with Crippen LogP contribution in [-0.2, 0) is 9.53 Å². The van der Waals surface area contributed by atoms with Gasteiger partial charge in [0.15, 0.2) is 0 Å². The number of nitrogens with zero attached hydrogens (tertiary/aromatic N) is 1. The number of rotatable bonds is 4. The lowest BCUT2D eigenvalue weighted by atomic mass is 10.3. The summed E-state index contributed by atoms with van der Waals surface area (Å²) < 4.78 is 4.47. The molecule has 0 radical (unpaired) electrons. The molecule has 0 N–H and O–H groups in total. The maximum Gasteiger partial charge on any atom is 0.293 e. The van der Waals surface area contributed by atoms with Crippen molar-refractivity contribution in [1.29, 1.82) is 0 Å². The number of hydrogen-bond donors (Lipinski definition) is 0. The van der Waals surface area contributed by atoms with Crippen molar-refractivity contribution in [2.75, 3.05) is 6.61 Å². The lowest BCUT2D eigenvalue weighted by Gasteiger charge is -1.90. The average molecular weight is 163 g/mol. The number of carbonyl (C=O) groups excluding carboxylic acids is 1. The van der Waals surface area contributed by atoms with E-state index in [0.29, 0.717) is 13.1 Å².